The van der Waals surface area contributed by atoms with Crippen molar-refractivity contribution in [2.24, 2.45) is 12.5 Å². The quantitative estimate of drug-likeness (QED) is 0.904. The lowest BCUT2D eigenvalue weighted by atomic mass is 9.80. The molecule has 0 aromatic carbocycles. The molecule has 1 atom stereocenters. The molecule has 0 aliphatic carbocycles. The van der Waals surface area contributed by atoms with Gasteiger partial charge in [-0.1, -0.05) is 6.92 Å². The Labute approximate surface area is 117 Å². The van der Waals surface area contributed by atoms with Crippen molar-refractivity contribution in [1.29, 1.82) is 0 Å². The molecule has 0 radical (unpaired) electrons. The Morgan fingerprint density at radius 3 is 2.53 bits per heavy atom. The van der Waals surface area contributed by atoms with E-state index in [2.05, 4.69) is 49.3 Å². The van der Waals surface area contributed by atoms with Gasteiger partial charge in [-0.15, -0.1) is 0 Å². The Hall–Kier alpha value is -0.870. The Morgan fingerprint density at radius 2 is 2.00 bits per heavy atom. The van der Waals surface area contributed by atoms with Crippen LogP contribution in [0.15, 0.2) is 6.20 Å². The number of aromatic nitrogens is 2. The van der Waals surface area contributed by atoms with Crippen LogP contribution in [0.5, 0.6) is 0 Å². The smallest absolute Gasteiger partial charge is 0.0641 e. The van der Waals surface area contributed by atoms with Crippen LogP contribution in [0.3, 0.4) is 0 Å². The average Bonchev–Trinajstić information content (AvgIpc) is 2.70. The molecular formula is C15H28N4. The number of nitrogens with zero attached hydrogens (tertiary/aromatic N) is 3. The summed E-state index contributed by atoms with van der Waals surface area (Å²) in [5.74, 6) is 0. The highest BCUT2D eigenvalue weighted by atomic mass is 15.3. The van der Waals surface area contributed by atoms with Gasteiger partial charge < -0.3 is 10.2 Å². The Kier molecular flexibility index (Phi) is 4.31. The van der Waals surface area contributed by atoms with E-state index in [0.717, 1.165) is 12.2 Å². The van der Waals surface area contributed by atoms with Crippen molar-refractivity contribution in [3.63, 3.8) is 0 Å². The fourth-order valence-corrected chi connectivity index (χ4v) is 2.89. The van der Waals surface area contributed by atoms with Crippen LogP contribution in [-0.2, 0) is 7.05 Å². The highest BCUT2D eigenvalue weighted by Crippen LogP contribution is 2.30. The number of nitrogens with one attached hydrogen (secondary N) is 1. The molecule has 4 heteroatoms. The predicted octanol–water partition coefficient (Wildman–Crippen LogP) is 2.11. The van der Waals surface area contributed by atoms with E-state index in [4.69, 9.17) is 0 Å². The molecule has 2 heterocycles. The van der Waals surface area contributed by atoms with E-state index in [1.165, 1.54) is 31.5 Å². The first-order valence-electron chi connectivity index (χ1n) is 7.32. The fourth-order valence-electron chi connectivity index (χ4n) is 2.89. The largest absolute Gasteiger partial charge is 0.310 e. The van der Waals surface area contributed by atoms with Gasteiger partial charge in [0.05, 0.1) is 5.69 Å². The molecule has 1 aliphatic heterocycles. The predicted molar refractivity (Wildman–Crippen MR) is 79.2 cm³/mol. The molecule has 1 aromatic rings. The maximum Gasteiger partial charge on any atom is 0.0641 e. The summed E-state index contributed by atoms with van der Waals surface area (Å²) in [6, 6.07) is 0.380. The van der Waals surface area contributed by atoms with Gasteiger partial charge in [0, 0.05) is 31.4 Å². The molecule has 1 fully saturated rings. The summed E-state index contributed by atoms with van der Waals surface area (Å²) in [7, 11) is 4.20. The van der Waals surface area contributed by atoms with Gasteiger partial charge in [-0.25, -0.2) is 0 Å². The standard InChI is InChI=1S/C15H28N4/c1-12(14-10-19(5)17-13(14)2)16-11-15(3)6-8-18(4)9-7-15/h10,12,16H,6-9,11H2,1-5H3. The molecule has 1 aromatic heterocycles. The SMILES string of the molecule is Cc1nn(C)cc1C(C)NCC1(C)CCN(C)CC1. The molecule has 1 saturated heterocycles. The number of hydrogen-bond acceptors (Lipinski definition) is 3. The molecule has 0 bridgehead atoms. The molecule has 1 N–H and O–H groups in total. The number of rotatable bonds is 4. The topological polar surface area (TPSA) is 33.1 Å². The van der Waals surface area contributed by atoms with Gasteiger partial charge in [-0.2, -0.15) is 5.10 Å². The third-order valence-electron chi connectivity index (χ3n) is 4.55. The normalized spacial score (nSPS) is 21.5. The second kappa shape index (κ2) is 5.63. The molecule has 2 rings (SSSR count). The highest BCUT2D eigenvalue weighted by molar-refractivity contribution is 5.19. The minimum Gasteiger partial charge on any atom is -0.310 e. The van der Waals surface area contributed by atoms with Crippen molar-refractivity contribution in [1.82, 2.24) is 20.0 Å². The molecule has 0 amide bonds. The lowest BCUT2D eigenvalue weighted by molar-refractivity contribution is 0.134. The average molecular weight is 264 g/mol. The number of piperidine rings is 1. The Bertz CT molecular complexity index is 416. The molecule has 1 aliphatic rings. The van der Waals surface area contributed by atoms with Crippen LogP contribution in [0.4, 0.5) is 0 Å². The van der Waals surface area contributed by atoms with Gasteiger partial charge in [0.15, 0.2) is 0 Å². The molecule has 1 unspecified atom stereocenters. The molecular weight excluding hydrogens is 236 g/mol. The summed E-state index contributed by atoms with van der Waals surface area (Å²) in [5.41, 5.74) is 2.90. The summed E-state index contributed by atoms with van der Waals surface area (Å²) in [5, 5.41) is 8.13. The van der Waals surface area contributed by atoms with Crippen molar-refractivity contribution < 1.29 is 0 Å². The summed E-state index contributed by atoms with van der Waals surface area (Å²) < 4.78 is 1.90. The Morgan fingerprint density at radius 1 is 1.37 bits per heavy atom. The van der Waals surface area contributed by atoms with Crippen LogP contribution in [0.25, 0.3) is 0 Å². The minimum atomic E-state index is 0.380. The zero-order valence-electron chi connectivity index (χ0n) is 13.0. The third-order valence-corrected chi connectivity index (χ3v) is 4.55. The number of aryl methyl sites for hydroxylation is 2. The summed E-state index contributed by atoms with van der Waals surface area (Å²) in [4.78, 5) is 2.43. The summed E-state index contributed by atoms with van der Waals surface area (Å²) in [6.07, 6.45) is 4.70. The van der Waals surface area contributed by atoms with Crippen LogP contribution >= 0.6 is 0 Å². The molecule has 108 valence electrons. The zero-order chi connectivity index (χ0) is 14.0. The van der Waals surface area contributed by atoms with Crippen molar-refractivity contribution in [2.75, 3.05) is 26.7 Å². The third kappa shape index (κ3) is 3.57. The summed E-state index contributed by atoms with van der Waals surface area (Å²) in [6.45, 7) is 10.3. The van der Waals surface area contributed by atoms with Gasteiger partial charge in [0.25, 0.3) is 0 Å². The second-order valence-electron chi connectivity index (χ2n) is 6.56. The maximum atomic E-state index is 4.42. The van der Waals surface area contributed by atoms with E-state index in [9.17, 15) is 0 Å². The van der Waals surface area contributed by atoms with Crippen molar-refractivity contribution in [3.05, 3.63) is 17.5 Å². The first-order valence-corrected chi connectivity index (χ1v) is 7.32. The molecule has 0 saturated carbocycles. The monoisotopic (exact) mass is 264 g/mol. The number of hydrogen-bond donors (Lipinski definition) is 1. The first kappa shape index (κ1) is 14.5. The maximum absolute atomic E-state index is 4.42. The fraction of sp³-hybridized carbons (Fsp3) is 0.800. The van der Waals surface area contributed by atoms with Crippen LogP contribution in [0.2, 0.25) is 0 Å². The molecule has 0 spiro atoms. The van der Waals surface area contributed by atoms with E-state index in [-0.39, 0.29) is 0 Å². The van der Waals surface area contributed by atoms with Gasteiger partial charge in [-0.3, -0.25) is 4.68 Å². The lowest BCUT2D eigenvalue weighted by Gasteiger charge is -2.38. The van der Waals surface area contributed by atoms with E-state index in [0.29, 0.717) is 11.5 Å². The number of likely N-dealkylation sites (tertiary alicyclic amines) is 1. The van der Waals surface area contributed by atoms with Crippen molar-refractivity contribution >= 4 is 0 Å². The van der Waals surface area contributed by atoms with Gasteiger partial charge in [0.2, 0.25) is 0 Å². The molecule has 4 nitrogen and oxygen atoms in total. The van der Waals surface area contributed by atoms with Crippen LogP contribution in [-0.4, -0.2) is 41.4 Å². The minimum absolute atomic E-state index is 0.380. The molecule has 19 heavy (non-hydrogen) atoms. The van der Waals surface area contributed by atoms with Crippen LogP contribution < -0.4 is 5.32 Å². The van der Waals surface area contributed by atoms with Crippen molar-refractivity contribution in [3.8, 4) is 0 Å². The second-order valence-corrected chi connectivity index (χ2v) is 6.56. The lowest BCUT2D eigenvalue weighted by Crippen LogP contribution is -2.42. The van der Waals surface area contributed by atoms with E-state index >= 15 is 0 Å². The van der Waals surface area contributed by atoms with Gasteiger partial charge in [-0.05, 0) is 52.2 Å². The van der Waals surface area contributed by atoms with E-state index in [1.54, 1.807) is 0 Å². The van der Waals surface area contributed by atoms with Gasteiger partial charge >= 0.3 is 0 Å². The Balaban J connectivity index is 1.90. The summed E-state index contributed by atoms with van der Waals surface area (Å²) >= 11 is 0. The first-order chi connectivity index (χ1) is 8.89. The van der Waals surface area contributed by atoms with Crippen molar-refractivity contribution in [2.45, 2.75) is 39.7 Å². The van der Waals surface area contributed by atoms with E-state index in [1.807, 2.05) is 11.7 Å². The van der Waals surface area contributed by atoms with Crippen LogP contribution in [0.1, 0.15) is 44.0 Å². The zero-order valence-corrected chi connectivity index (χ0v) is 13.0. The highest BCUT2D eigenvalue weighted by Gasteiger charge is 2.29. The van der Waals surface area contributed by atoms with Gasteiger partial charge in [0.1, 0.15) is 0 Å². The van der Waals surface area contributed by atoms with E-state index < -0.39 is 0 Å². The van der Waals surface area contributed by atoms with Crippen LogP contribution in [0, 0.1) is 12.3 Å².